The van der Waals surface area contributed by atoms with E-state index in [1.54, 1.807) is 0 Å². The maximum Gasteiger partial charge on any atom is 0.307 e. The molecule has 0 heterocycles. The lowest BCUT2D eigenvalue weighted by Crippen LogP contribution is -2.39. The summed E-state index contributed by atoms with van der Waals surface area (Å²) in [6, 6.07) is 0.210. The molecule has 27 heavy (non-hydrogen) atoms. The molecule has 0 rings (SSSR count). The van der Waals surface area contributed by atoms with E-state index in [4.69, 9.17) is 4.74 Å². The van der Waals surface area contributed by atoms with Gasteiger partial charge in [0.2, 0.25) is 0 Å². The first-order valence-corrected chi connectivity index (χ1v) is 11.4. The van der Waals surface area contributed by atoms with Crippen molar-refractivity contribution in [3.05, 3.63) is 0 Å². The second kappa shape index (κ2) is 17.5. The Kier molecular flexibility index (Phi) is 17.1. The van der Waals surface area contributed by atoms with E-state index in [2.05, 4.69) is 37.7 Å². The number of esters is 1. The van der Waals surface area contributed by atoms with Crippen LogP contribution in [0.4, 0.5) is 0 Å². The Morgan fingerprint density at radius 1 is 0.778 bits per heavy atom. The van der Waals surface area contributed by atoms with Crippen LogP contribution in [0.5, 0.6) is 0 Å². The van der Waals surface area contributed by atoms with Crippen molar-refractivity contribution in [2.45, 2.75) is 109 Å². The molecule has 0 radical (unpaired) electrons. The largest absolute Gasteiger partial charge is 0.462 e. The Balaban J connectivity index is 4.43. The molecule has 0 aliphatic carbocycles. The Labute approximate surface area is 170 Å². The van der Waals surface area contributed by atoms with E-state index >= 15 is 0 Å². The van der Waals surface area contributed by atoms with Crippen molar-refractivity contribution in [3.8, 4) is 0 Å². The van der Waals surface area contributed by atoms with Crippen LogP contribution in [0.25, 0.3) is 0 Å². The average Bonchev–Trinajstić information content (AvgIpc) is 2.60. The van der Waals surface area contributed by atoms with Crippen LogP contribution in [-0.2, 0) is 9.53 Å². The minimum absolute atomic E-state index is 0.0253. The third kappa shape index (κ3) is 16.1. The van der Waals surface area contributed by atoms with Gasteiger partial charge < -0.3 is 14.5 Å². The normalized spacial score (nSPS) is 12.9. The molecule has 0 N–H and O–H groups in total. The van der Waals surface area contributed by atoms with Crippen LogP contribution in [0.15, 0.2) is 0 Å². The molecule has 0 fully saturated rings. The van der Waals surface area contributed by atoms with Crippen molar-refractivity contribution in [1.82, 2.24) is 9.80 Å². The van der Waals surface area contributed by atoms with Gasteiger partial charge >= 0.3 is 5.97 Å². The topological polar surface area (TPSA) is 32.8 Å². The fourth-order valence-corrected chi connectivity index (χ4v) is 3.47. The average molecular weight is 385 g/mol. The minimum Gasteiger partial charge on any atom is -0.462 e. The van der Waals surface area contributed by atoms with Crippen molar-refractivity contribution in [2.75, 3.05) is 34.7 Å². The maximum atomic E-state index is 12.6. The van der Waals surface area contributed by atoms with Crippen molar-refractivity contribution < 1.29 is 9.53 Å². The Hall–Kier alpha value is -0.610. The Bertz CT molecular complexity index is 331. The first kappa shape index (κ1) is 26.4. The summed E-state index contributed by atoms with van der Waals surface area (Å²) in [4.78, 5) is 16.8. The van der Waals surface area contributed by atoms with Gasteiger partial charge in [-0.3, -0.25) is 4.79 Å². The fourth-order valence-electron chi connectivity index (χ4n) is 3.47. The van der Waals surface area contributed by atoms with E-state index in [9.17, 15) is 4.79 Å². The van der Waals surface area contributed by atoms with Gasteiger partial charge in [0, 0.05) is 12.6 Å². The molecule has 162 valence electrons. The maximum absolute atomic E-state index is 12.6. The summed E-state index contributed by atoms with van der Waals surface area (Å²) in [6.07, 6.45) is 15.3. The zero-order valence-corrected chi connectivity index (χ0v) is 19.3. The minimum atomic E-state index is -0.0253. The predicted molar refractivity (Wildman–Crippen MR) is 117 cm³/mol. The van der Waals surface area contributed by atoms with Gasteiger partial charge in [-0.25, -0.2) is 0 Å². The molecule has 1 unspecified atom stereocenters. The van der Waals surface area contributed by atoms with Crippen LogP contribution in [-0.4, -0.2) is 62.7 Å². The number of likely N-dealkylation sites (N-methyl/N-ethyl adjacent to an activating group) is 2. The van der Waals surface area contributed by atoms with Gasteiger partial charge in [-0.2, -0.15) is 0 Å². The van der Waals surface area contributed by atoms with Crippen molar-refractivity contribution >= 4 is 5.97 Å². The summed E-state index contributed by atoms with van der Waals surface area (Å²) in [7, 11) is 8.19. The van der Waals surface area contributed by atoms with Gasteiger partial charge in [0.1, 0.15) is 6.10 Å². The number of hydrogen-bond acceptors (Lipinski definition) is 4. The zero-order chi connectivity index (χ0) is 20.5. The van der Waals surface area contributed by atoms with E-state index in [0.717, 1.165) is 19.4 Å². The highest BCUT2D eigenvalue weighted by molar-refractivity contribution is 5.70. The number of ether oxygens (including phenoxy) is 1. The van der Waals surface area contributed by atoms with Crippen molar-refractivity contribution in [3.63, 3.8) is 0 Å². The smallest absolute Gasteiger partial charge is 0.307 e. The first-order chi connectivity index (χ1) is 12.9. The highest BCUT2D eigenvalue weighted by Crippen LogP contribution is 2.17. The zero-order valence-electron chi connectivity index (χ0n) is 19.3. The molecule has 0 amide bonds. The highest BCUT2D eigenvalue weighted by atomic mass is 16.5. The Morgan fingerprint density at radius 3 is 1.67 bits per heavy atom. The van der Waals surface area contributed by atoms with Gasteiger partial charge in [0.15, 0.2) is 0 Å². The van der Waals surface area contributed by atoms with Gasteiger partial charge in [-0.05, 0) is 53.9 Å². The SMILES string of the molecule is CCCCCCCC(CCCCCCC)OC(=O)CC(CN(C)C)N(C)C. The number of rotatable bonds is 18. The van der Waals surface area contributed by atoms with Gasteiger partial charge in [-0.1, -0.05) is 65.2 Å². The lowest BCUT2D eigenvalue weighted by molar-refractivity contribution is -0.151. The number of hydrogen-bond donors (Lipinski definition) is 0. The van der Waals surface area contributed by atoms with E-state index in [1.165, 1.54) is 64.2 Å². The van der Waals surface area contributed by atoms with Gasteiger partial charge in [0.25, 0.3) is 0 Å². The molecule has 0 aliphatic heterocycles. The lowest BCUT2D eigenvalue weighted by Gasteiger charge is -2.27. The Morgan fingerprint density at radius 2 is 1.26 bits per heavy atom. The second-order valence-electron chi connectivity index (χ2n) is 8.60. The summed E-state index contributed by atoms with van der Waals surface area (Å²) in [5.74, 6) is -0.0253. The number of nitrogens with zero attached hydrogens (tertiary/aromatic N) is 2. The molecule has 0 saturated heterocycles. The summed E-state index contributed by atoms with van der Waals surface area (Å²) in [6.45, 7) is 5.37. The molecule has 0 aliphatic rings. The number of carbonyl (C=O) groups is 1. The van der Waals surface area contributed by atoms with E-state index < -0.39 is 0 Å². The summed E-state index contributed by atoms with van der Waals surface area (Å²) in [5, 5.41) is 0. The molecule has 4 heteroatoms. The molecule has 0 aromatic carbocycles. The molecule has 0 saturated carbocycles. The van der Waals surface area contributed by atoms with Crippen LogP contribution in [0.3, 0.4) is 0 Å². The third-order valence-corrected chi connectivity index (χ3v) is 5.27. The lowest BCUT2D eigenvalue weighted by atomic mass is 10.0. The predicted octanol–water partition coefficient (Wildman–Crippen LogP) is 5.50. The third-order valence-electron chi connectivity index (χ3n) is 5.27. The quantitative estimate of drug-likeness (QED) is 0.231. The summed E-state index contributed by atoms with van der Waals surface area (Å²) < 4.78 is 5.94. The second-order valence-corrected chi connectivity index (χ2v) is 8.60. The molecular weight excluding hydrogens is 336 g/mol. The van der Waals surface area contributed by atoms with Gasteiger partial charge in [-0.15, -0.1) is 0 Å². The number of unbranched alkanes of at least 4 members (excludes halogenated alkanes) is 8. The molecule has 4 nitrogen and oxygen atoms in total. The fraction of sp³-hybridized carbons (Fsp3) is 0.957. The van der Waals surface area contributed by atoms with Crippen LogP contribution in [0.1, 0.15) is 97.3 Å². The number of carbonyl (C=O) groups excluding carboxylic acids is 1. The van der Waals surface area contributed by atoms with E-state index in [1.807, 2.05) is 14.1 Å². The van der Waals surface area contributed by atoms with Crippen LogP contribution in [0, 0.1) is 0 Å². The molecular formula is C23H48N2O2. The first-order valence-electron chi connectivity index (χ1n) is 11.4. The molecule has 0 aromatic rings. The molecule has 0 bridgehead atoms. The summed E-state index contributed by atoms with van der Waals surface area (Å²) in [5.41, 5.74) is 0. The van der Waals surface area contributed by atoms with Crippen molar-refractivity contribution in [1.29, 1.82) is 0 Å². The molecule has 1 atom stereocenters. The van der Waals surface area contributed by atoms with Crippen molar-refractivity contribution in [2.24, 2.45) is 0 Å². The van der Waals surface area contributed by atoms with Crippen LogP contribution < -0.4 is 0 Å². The van der Waals surface area contributed by atoms with Crippen LogP contribution >= 0.6 is 0 Å². The molecule has 0 spiro atoms. The monoisotopic (exact) mass is 384 g/mol. The van der Waals surface area contributed by atoms with Gasteiger partial charge in [0.05, 0.1) is 6.42 Å². The van der Waals surface area contributed by atoms with E-state index in [0.29, 0.717) is 6.42 Å². The van der Waals surface area contributed by atoms with E-state index in [-0.39, 0.29) is 18.1 Å². The standard InChI is InChI=1S/C23H48N2O2/c1-7-9-11-13-15-17-22(18-16-14-12-10-8-2)27-23(26)19-21(25(5)6)20-24(3)4/h21-22H,7-20H2,1-6H3. The molecule has 0 aromatic heterocycles. The highest BCUT2D eigenvalue weighted by Gasteiger charge is 2.21. The summed E-state index contributed by atoms with van der Waals surface area (Å²) >= 11 is 0. The van der Waals surface area contributed by atoms with Crippen LogP contribution in [0.2, 0.25) is 0 Å².